The highest BCUT2D eigenvalue weighted by Gasteiger charge is 2.35. The molecular weight excluding hydrogens is 330 g/mol. The molecule has 1 aromatic heterocycles. The molecule has 0 radical (unpaired) electrons. The van der Waals surface area contributed by atoms with Gasteiger partial charge in [-0.2, -0.15) is 0 Å². The van der Waals surface area contributed by atoms with E-state index in [1.165, 1.54) is 7.11 Å². The van der Waals surface area contributed by atoms with Crippen molar-refractivity contribution in [1.29, 1.82) is 0 Å². The van der Waals surface area contributed by atoms with Gasteiger partial charge in [-0.25, -0.2) is 0 Å². The summed E-state index contributed by atoms with van der Waals surface area (Å²) in [6.07, 6.45) is 3.42. The zero-order chi connectivity index (χ0) is 17.1. The van der Waals surface area contributed by atoms with E-state index in [0.717, 1.165) is 0 Å². The van der Waals surface area contributed by atoms with Crippen LogP contribution in [-0.2, 0) is 9.59 Å². The summed E-state index contributed by atoms with van der Waals surface area (Å²) in [5.41, 5.74) is 1.27. The van der Waals surface area contributed by atoms with Crippen LogP contribution in [0.4, 0.5) is 11.4 Å². The lowest BCUT2D eigenvalue weighted by molar-refractivity contribution is -0.122. The number of rotatable bonds is 4. The zero-order valence-electron chi connectivity index (χ0n) is 13.0. The van der Waals surface area contributed by atoms with E-state index in [1.54, 1.807) is 47.6 Å². The number of carbonyl (C=O) groups is 2. The number of pyridine rings is 1. The number of halogens is 1. The first-order valence-electron chi connectivity index (χ1n) is 7.43. The number of nitrogens with one attached hydrogen (secondary N) is 1. The van der Waals surface area contributed by atoms with E-state index in [-0.39, 0.29) is 18.2 Å². The van der Waals surface area contributed by atoms with Gasteiger partial charge in [-0.3, -0.25) is 14.6 Å². The monoisotopic (exact) mass is 345 g/mol. The highest BCUT2D eigenvalue weighted by atomic mass is 35.5. The summed E-state index contributed by atoms with van der Waals surface area (Å²) in [4.78, 5) is 30.2. The minimum atomic E-state index is -0.418. The van der Waals surface area contributed by atoms with Crippen molar-refractivity contribution in [3.05, 3.63) is 47.7 Å². The Hall–Kier alpha value is -2.60. The Labute approximate surface area is 144 Å². The number of hydrogen-bond donors (Lipinski definition) is 1. The molecule has 7 heteroatoms. The van der Waals surface area contributed by atoms with Crippen molar-refractivity contribution >= 4 is 34.8 Å². The summed E-state index contributed by atoms with van der Waals surface area (Å²) < 4.78 is 5.08. The lowest BCUT2D eigenvalue weighted by Gasteiger charge is -2.16. The van der Waals surface area contributed by atoms with Crippen LogP contribution < -0.4 is 15.0 Å². The maximum atomic E-state index is 12.4. The van der Waals surface area contributed by atoms with E-state index >= 15 is 0 Å². The summed E-state index contributed by atoms with van der Waals surface area (Å²) in [5, 5.41) is 3.21. The Morgan fingerprint density at radius 1 is 1.42 bits per heavy atom. The number of anilines is 2. The van der Waals surface area contributed by atoms with Crippen LogP contribution in [0.5, 0.6) is 5.75 Å². The highest BCUT2D eigenvalue weighted by molar-refractivity contribution is 6.32. The Morgan fingerprint density at radius 3 is 2.92 bits per heavy atom. The molecule has 1 aliphatic rings. The van der Waals surface area contributed by atoms with Crippen molar-refractivity contribution in [3.8, 4) is 5.75 Å². The summed E-state index contributed by atoms with van der Waals surface area (Å²) in [6.45, 7) is 0.334. The highest BCUT2D eigenvalue weighted by Crippen LogP contribution is 2.29. The molecule has 124 valence electrons. The molecule has 3 rings (SSSR count). The fraction of sp³-hybridized carbons (Fsp3) is 0.235. The van der Waals surface area contributed by atoms with Crippen molar-refractivity contribution in [2.45, 2.75) is 6.42 Å². The molecule has 0 spiro atoms. The topological polar surface area (TPSA) is 71.5 Å². The Kier molecular flexibility index (Phi) is 4.66. The van der Waals surface area contributed by atoms with Gasteiger partial charge >= 0.3 is 0 Å². The molecule has 2 heterocycles. The molecule has 0 saturated carbocycles. The van der Waals surface area contributed by atoms with Gasteiger partial charge in [0.25, 0.3) is 0 Å². The third-order valence-electron chi connectivity index (χ3n) is 3.87. The fourth-order valence-corrected chi connectivity index (χ4v) is 2.89. The smallest absolute Gasteiger partial charge is 0.229 e. The number of carbonyl (C=O) groups excluding carboxylic acids is 2. The first-order chi connectivity index (χ1) is 11.6. The molecule has 1 aromatic carbocycles. The van der Waals surface area contributed by atoms with Gasteiger partial charge in [0.1, 0.15) is 5.75 Å². The van der Waals surface area contributed by atoms with E-state index in [0.29, 0.717) is 28.7 Å². The molecule has 2 aromatic rings. The van der Waals surface area contributed by atoms with Crippen LogP contribution in [0, 0.1) is 5.92 Å². The Bertz CT molecular complexity index is 767. The van der Waals surface area contributed by atoms with Crippen LogP contribution in [0.3, 0.4) is 0 Å². The molecule has 2 amide bonds. The van der Waals surface area contributed by atoms with E-state index in [2.05, 4.69) is 10.3 Å². The summed E-state index contributed by atoms with van der Waals surface area (Å²) in [5.74, 6) is -0.182. The number of nitrogens with zero attached hydrogens (tertiary/aromatic N) is 2. The molecule has 1 N–H and O–H groups in total. The van der Waals surface area contributed by atoms with Crippen molar-refractivity contribution in [2.75, 3.05) is 23.9 Å². The predicted octanol–water partition coefficient (Wildman–Crippen LogP) is 2.74. The lowest BCUT2D eigenvalue weighted by atomic mass is 10.1. The number of aromatic nitrogens is 1. The zero-order valence-corrected chi connectivity index (χ0v) is 13.8. The Balaban J connectivity index is 1.68. The van der Waals surface area contributed by atoms with Crippen molar-refractivity contribution in [2.24, 2.45) is 5.92 Å². The first kappa shape index (κ1) is 16.3. The second-order valence-electron chi connectivity index (χ2n) is 5.46. The minimum absolute atomic E-state index is 0.0871. The molecule has 0 aliphatic carbocycles. The second-order valence-corrected chi connectivity index (χ2v) is 5.86. The van der Waals surface area contributed by atoms with E-state index < -0.39 is 5.92 Å². The van der Waals surface area contributed by atoms with Crippen LogP contribution in [0.1, 0.15) is 6.42 Å². The van der Waals surface area contributed by atoms with Gasteiger partial charge in [0.15, 0.2) is 0 Å². The van der Waals surface area contributed by atoms with Crippen molar-refractivity contribution in [3.63, 3.8) is 0 Å². The fourth-order valence-electron chi connectivity index (χ4n) is 2.63. The third kappa shape index (κ3) is 3.33. The average Bonchev–Trinajstić information content (AvgIpc) is 2.98. The largest absolute Gasteiger partial charge is 0.495 e. The molecule has 24 heavy (non-hydrogen) atoms. The van der Waals surface area contributed by atoms with Crippen LogP contribution in [0.2, 0.25) is 5.02 Å². The number of amides is 2. The van der Waals surface area contributed by atoms with Gasteiger partial charge < -0.3 is 15.0 Å². The third-order valence-corrected chi connectivity index (χ3v) is 4.17. The molecule has 1 aliphatic heterocycles. The maximum absolute atomic E-state index is 12.4. The van der Waals surface area contributed by atoms with E-state index in [9.17, 15) is 9.59 Å². The molecule has 0 bridgehead atoms. The molecule has 1 fully saturated rings. The van der Waals surface area contributed by atoms with Gasteiger partial charge in [0.05, 0.1) is 29.9 Å². The van der Waals surface area contributed by atoms with Gasteiger partial charge in [-0.05, 0) is 30.3 Å². The Morgan fingerprint density at radius 2 is 2.25 bits per heavy atom. The molecule has 1 atom stereocenters. The van der Waals surface area contributed by atoms with Gasteiger partial charge in [0.2, 0.25) is 11.8 Å². The number of ether oxygens (including phenoxy) is 1. The molecule has 1 unspecified atom stereocenters. The minimum Gasteiger partial charge on any atom is -0.495 e. The van der Waals surface area contributed by atoms with Crippen LogP contribution in [0.15, 0.2) is 42.7 Å². The molecular formula is C17H16ClN3O3. The maximum Gasteiger partial charge on any atom is 0.229 e. The second kappa shape index (κ2) is 6.88. The average molecular weight is 346 g/mol. The van der Waals surface area contributed by atoms with Crippen molar-refractivity contribution in [1.82, 2.24) is 4.98 Å². The SMILES string of the molecule is COc1ccc(NC(=O)C2CC(=O)N(c3cccnc3)C2)cc1Cl. The van der Waals surface area contributed by atoms with Gasteiger partial charge in [-0.1, -0.05) is 11.6 Å². The molecule has 6 nitrogen and oxygen atoms in total. The van der Waals surface area contributed by atoms with Gasteiger partial charge in [-0.15, -0.1) is 0 Å². The molecule has 1 saturated heterocycles. The van der Waals surface area contributed by atoms with E-state index in [4.69, 9.17) is 16.3 Å². The van der Waals surface area contributed by atoms with Crippen LogP contribution in [0.25, 0.3) is 0 Å². The summed E-state index contributed by atoms with van der Waals surface area (Å²) in [6, 6.07) is 8.57. The number of methoxy groups -OCH3 is 1. The standard InChI is InChI=1S/C17H16ClN3O3/c1-24-15-5-4-12(8-14(15)18)20-17(23)11-7-16(22)21(10-11)13-3-2-6-19-9-13/h2-6,8-9,11H,7,10H2,1H3,(H,20,23). The quantitative estimate of drug-likeness (QED) is 0.924. The van der Waals surface area contributed by atoms with Gasteiger partial charge in [0, 0.05) is 24.8 Å². The summed E-state index contributed by atoms with van der Waals surface area (Å²) >= 11 is 6.05. The summed E-state index contributed by atoms with van der Waals surface area (Å²) in [7, 11) is 1.52. The number of hydrogen-bond acceptors (Lipinski definition) is 4. The number of benzene rings is 1. The normalized spacial score (nSPS) is 17.0. The first-order valence-corrected chi connectivity index (χ1v) is 7.81. The van der Waals surface area contributed by atoms with Crippen LogP contribution >= 0.6 is 11.6 Å². The lowest BCUT2D eigenvalue weighted by Crippen LogP contribution is -2.28. The predicted molar refractivity (Wildman–Crippen MR) is 91.3 cm³/mol. The van der Waals surface area contributed by atoms with E-state index in [1.807, 2.05) is 0 Å². The van der Waals surface area contributed by atoms with Crippen LogP contribution in [-0.4, -0.2) is 30.5 Å². The van der Waals surface area contributed by atoms with Crippen molar-refractivity contribution < 1.29 is 14.3 Å².